The molecule has 1 saturated heterocycles. The van der Waals surface area contributed by atoms with E-state index in [0.29, 0.717) is 17.9 Å². The van der Waals surface area contributed by atoms with Crippen LogP contribution in [0.25, 0.3) is 0 Å². The smallest absolute Gasteiger partial charge is 0.257 e. The first kappa shape index (κ1) is 15.2. The number of para-hydroxylation sites is 1. The Morgan fingerprint density at radius 3 is 2.62 bits per heavy atom. The van der Waals surface area contributed by atoms with Gasteiger partial charge in [-0.2, -0.15) is 0 Å². The molecule has 4 nitrogen and oxygen atoms in total. The molecule has 2 aliphatic rings. The van der Waals surface area contributed by atoms with E-state index in [0.717, 1.165) is 25.2 Å². The fourth-order valence-electron chi connectivity index (χ4n) is 3.29. The second-order valence-corrected chi connectivity index (χ2v) is 6.70. The Balaban J connectivity index is 1.49. The summed E-state index contributed by atoms with van der Waals surface area (Å²) < 4.78 is 5.94. The van der Waals surface area contributed by atoms with Gasteiger partial charge in [-0.15, -0.1) is 0 Å². The average Bonchev–Trinajstić information content (AvgIpc) is 3.39. The third-order valence-electron chi connectivity index (χ3n) is 4.87. The fourth-order valence-corrected chi connectivity index (χ4v) is 3.29. The molecule has 0 aromatic heterocycles. The van der Waals surface area contributed by atoms with Crippen LogP contribution in [0.15, 0.2) is 54.6 Å². The molecule has 4 rings (SSSR count). The van der Waals surface area contributed by atoms with Gasteiger partial charge in [-0.05, 0) is 30.5 Å². The van der Waals surface area contributed by atoms with Gasteiger partial charge in [-0.1, -0.05) is 42.5 Å². The summed E-state index contributed by atoms with van der Waals surface area (Å²) in [5, 5.41) is 3.54. The maximum atomic E-state index is 13.0. The van der Waals surface area contributed by atoms with Crippen LogP contribution in [0.1, 0.15) is 28.8 Å². The molecule has 1 amide bonds. The number of piperazine rings is 1. The molecule has 0 bridgehead atoms. The molecule has 1 aliphatic carbocycles. The Hall–Kier alpha value is -2.33. The summed E-state index contributed by atoms with van der Waals surface area (Å²) in [4.78, 5) is 14.9. The van der Waals surface area contributed by atoms with Crippen LogP contribution in [-0.2, 0) is 6.61 Å². The lowest BCUT2D eigenvalue weighted by Crippen LogP contribution is -2.54. The predicted octanol–water partition coefficient (Wildman–Crippen LogP) is 2.84. The van der Waals surface area contributed by atoms with Gasteiger partial charge in [0.1, 0.15) is 12.4 Å². The first-order chi connectivity index (χ1) is 11.8. The molecule has 2 fully saturated rings. The zero-order valence-corrected chi connectivity index (χ0v) is 13.7. The fraction of sp³-hybridized carbons (Fsp3) is 0.350. The lowest BCUT2D eigenvalue weighted by molar-refractivity contribution is 0.0686. The quantitative estimate of drug-likeness (QED) is 0.941. The van der Waals surface area contributed by atoms with E-state index in [1.54, 1.807) is 0 Å². The molecule has 1 N–H and O–H groups in total. The van der Waals surface area contributed by atoms with E-state index >= 15 is 0 Å². The van der Waals surface area contributed by atoms with Gasteiger partial charge in [0.05, 0.1) is 5.56 Å². The van der Waals surface area contributed by atoms with Gasteiger partial charge in [0.2, 0.25) is 0 Å². The molecule has 1 aliphatic heterocycles. The van der Waals surface area contributed by atoms with Gasteiger partial charge in [0, 0.05) is 25.2 Å². The van der Waals surface area contributed by atoms with E-state index in [1.807, 2.05) is 59.5 Å². The molecule has 0 atom stereocenters. The number of nitrogens with zero attached hydrogens (tertiary/aromatic N) is 1. The minimum Gasteiger partial charge on any atom is -0.488 e. The van der Waals surface area contributed by atoms with Crippen molar-refractivity contribution in [1.29, 1.82) is 0 Å². The predicted molar refractivity (Wildman–Crippen MR) is 93.1 cm³/mol. The Morgan fingerprint density at radius 2 is 1.83 bits per heavy atom. The number of carbonyl (C=O) groups excluding carboxylic acids is 1. The van der Waals surface area contributed by atoms with Gasteiger partial charge in [0.25, 0.3) is 5.91 Å². The maximum absolute atomic E-state index is 13.0. The largest absolute Gasteiger partial charge is 0.488 e. The number of hydrogen-bond acceptors (Lipinski definition) is 3. The minimum atomic E-state index is 0.0754. The molecule has 4 heteroatoms. The number of nitrogens with one attached hydrogen (secondary N) is 1. The van der Waals surface area contributed by atoms with E-state index in [4.69, 9.17) is 4.74 Å². The van der Waals surface area contributed by atoms with Crippen molar-refractivity contribution in [2.45, 2.75) is 25.0 Å². The monoisotopic (exact) mass is 322 g/mol. The van der Waals surface area contributed by atoms with Crippen molar-refractivity contribution >= 4 is 5.91 Å². The van der Waals surface area contributed by atoms with Crippen LogP contribution < -0.4 is 10.1 Å². The van der Waals surface area contributed by atoms with Crippen LogP contribution in [0.3, 0.4) is 0 Å². The Kier molecular flexibility index (Phi) is 3.98. The van der Waals surface area contributed by atoms with Crippen molar-refractivity contribution in [3.05, 3.63) is 65.7 Å². The zero-order valence-electron chi connectivity index (χ0n) is 13.7. The van der Waals surface area contributed by atoms with Crippen LogP contribution in [0.2, 0.25) is 0 Å². The molecular weight excluding hydrogens is 300 g/mol. The number of hydrogen-bond donors (Lipinski definition) is 1. The minimum absolute atomic E-state index is 0.0754. The maximum Gasteiger partial charge on any atom is 0.257 e. The normalized spacial score (nSPS) is 18.4. The highest BCUT2D eigenvalue weighted by Gasteiger charge is 2.46. The van der Waals surface area contributed by atoms with Crippen LogP contribution in [0.4, 0.5) is 0 Å². The Bertz CT molecular complexity index is 725. The molecule has 124 valence electrons. The van der Waals surface area contributed by atoms with Crippen LogP contribution in [0, 0.1) is 0 Å². The highest BCUT2D eigenvalue weighted by Crippen LogP contribution is 2.38. The highest BCUT2D eigenvalue weighted by atomic mass is 16.5. The molecule has 24 heavy (non-hydrogen) atoms. The van der Waals surface area contributed by atoms with Crippen LogP contribution in [-0.4, -0.2) is 36.0 Å². The topological polar surface area (TPSA) is 41.6 Å². The summed E-state index contributed by atoms with van der Waals surface area (Å²) in [6, 6.07) is 17.6. The van der Waals surface area contributed by atoms with Crippen LogP contribution in [0.5, 0.6) is 5.75 Å². The SMILES string of the molecule is O=C(c1ccccc1OCc1ccccc1)N1CCNC2(CC2)C1. The molecule has 0 radical (unpaired) electrons. The summed E-state index contributed by atoms with van der Waals surface area (Å²) in [6.45, 7) is 2.90. The summed E-state index contributed by atoms with van der Waals surface area (Å²) in [5.74, 6) is 0.737. The molecule has 2 aromatic carbocycles. The molecular formula is C20H22N2O2. The lowest BCUT2D eigenvalue weighted by atomic mass is 10.1. The van der Waals surface area contributed by atoms with Crippen molar-refractivity contribution in [2.75, 3.05) is 19.6 Å². The van der Waals surface area contributed by atoms with E-state index in [2.05, 4.69) is 5.32 Å². The Morgan fingerprint density at radius 1 is 1.08 bits per heavy atom. The first-order valence-electron chi connectivity index (χ1n) is 8.56. The summed E-state index contributed by atoms with van der Waals surface area (Å²) in [7, 11) is 0. The summed E-state index contributed by atoms with van der Waals surface area (Å²) in [5.41, 5.74) is 1.94. The van der Waals surface area contributed by atoms with E-state index in [1.165, 1.54) is 12.8 Å². The van der Waals surface area contributed by atoms with Crippen molar-refractivity contribution in [3.8, 4) is 5.75 Å². The second-order valence-electron chi connectivity index (χ2n) is 6.70. The molecule has 1 spiro atoms. The van der Waals surface area contributed by atoms with Crippen molar-refractivity contribution in [1.82, 2.24) is 10.2 Å². The first-order valence-corrected chi connectivity index (χ1v) is 8.56. The standard InChI is InChI=1S/C20H22N2O2/c23-19(22-13-12-21-20(15-22)10-11-20)17-8-4-5-9-18(17)24-14-16-6-2-1-3-7-16/h1-9,21H,10-15H2. The van der Waals surface area contributed by atoms with E-state index in [-0.39, 0.29) is 11.4 Å². The average molecular weight is 322 g/mol. The third kappa shape index (κ3) is 3.15. The molecule has 2 aromatic rings. The van der Waals surface area contributed by atoms with Gasteiger partial charge in [0.15, 0.2) is 0 Å². The number of amides is 1. The number of rotatable bonds is 4. The second kappa shape index (κ2) is 6.29. The van der Waals surface area contributed by atoms with Crippen molar-refractivity contribution in [2.24, 2.45) is 0 Å². The number of ether oxygens (including phenoxy) is 1. The van der Waals surface area contributed by atoms with Gasteiger partial charge < -0.3 is 15.0 Å². The zero-order chi connectivity index (χ0) is 16.4. The van der Waals surface area contributed by atoms with Gasteiger partial charge in [-0.25, -0.2) is 0 Å². The van der Waals surface area contributed by atoms with E-state index in [9.17, 15) is 4.79 Å². The molecule has 0 unspecified atom stereocenters. The molecule has 1 heterocycles. The Labute approximate surface area is 142 Å². The molecule has 1 saturated carbocycles. The van der Waals surface area contributed by atoms with Gasteiger partial charge >= 0.3 is 0 Å². The third-order valence-corrected chi connectivity index (χ3v) is 4.87. The van der Waals surface area contributed by atoms with E-state index < -0.39 is 0 Å². The summed E-state index contributed by atoms with van der Waals surface area (Å²) in [6.07, 6.45) is 2.34. The highest BCUT2D eigenvalue weighted by molar-refractivity contribution is 5.97. The van der Waals surface area contributed by atoms with Gasteiger partial charge in [-0.3, -0.25) is 4.79 Å². The number of benzene rings is 2. The summed E-state index contributed by atoms with van der Waals surface area (Å²) >= 11 is 0. The van der Waals surface area contributed by atoms with Crippen molar-refractivity contribution < 1.29 is 9.53 Å². The van der Waals surface area contributed by atoms with Crippen molar-refractivity contribution in [3.63, 3.8) is 0 Å². The lowest BCUT2D eigenvalue weighted by Gasteiger charge is -2.34. The van der Waals surface area contributed by atoms with Crippen LogP contribution >= 0.6 is 0 Å². The number of carbonyl (C=O) groups is 1.